The van der Waals surface area contributed by atoms with Gasteiger partial charge in [-0.15, -0.1) is 12.4 Å². The first-order valence-electron chi connectivity index (χ1n) is 7.49. The number of hydrogen-bond donors (Lipinski definition) is 1. The largest absolute Gasteiger partial charge is 0.338 e. The molecule has 23 heavy (non-hydrogen) atoms. The van der Waals surface area contributed by atoms with Gasteiger partial charge in [0.25, 0.3) is 5.91 Å². The normalized spacial score (nSPS) is 16.0. The fraction of sp³-hybridized carbons (Fsp3) is 0.500. The molecule has 1 heterocycles. The zero-order valence-corrected chi connectivity index (χ0v) is 14.9. The minimum Gasteiger partial charge on any atom is -0.338 e. The molecule has 1 fully saturated rings. The number of carbonyl (C=O) groups is 2. The molecule has 1 aromatic carbocycles. The number of carbonyl (C=O) groups excluding carboxylic acids is 2. The van der Waals surface area contributed by atoms with Crippen LogP contribution in [0.1, 0.15) is 24.2 Å². The van der Waals surface area contributed by atoms with Crippen LogP contribution in [0, 0.1) is 5.92 Å². The number of nitrogens with two attached hydrogens (primary N) is 1. The summed E-state index contributed by atoms with van der Waals surface area (Å²) in [6.45, 7) is 5.97. The van der Waals surface area contributed by atoms with E-state index in [1.807, 2.05) is 13.8 Å². The van der Waals surface area contributed by atoms with Gasteiger partial charge in [0.1, 0.15) is 0 Å². The lowest BCUT2D eigenvalue weighted by Crippen LogP contribution is -2.55. The number of nitrogens with zero attached hydrogens (tertiary/aromatic N) is 2. The van der Waals surface area contributed by atoms with Crippen LogP contribution < -0.4 is 5.73 Å². The van der Waals surface area contributed by atoms with Gasteiger partial charge in [0.05, 0.1) is 6.04 Å². The number of rotatable bonds is 3. The number of benzene rings is 1. The van der Waals surface area contributed by atoms with Crippen molar-refractivity contribution in [2.75, 3.05) is 26.2 Å². The summed E-state index contributed by atoms with van der Waals surface area (Å²) < 4.78 is 0. The average molecular weight is 360 g/mol. The first kappa shape index (κ1) is 19.7. The summed E-state index contributed by atoms with van der Waals surface area (Å²) in [6, 6.07) is 6.37. The summed E-state index contributed by atoms with van der Waals surface area (Å²) in [7, 11) is 0. The third kappa shape index (κ3) is 4.83. The van der Waals surface area contributed by atoms with E-state index in [2.05, 4.69) is 0 Å². The second kappa shape index (κ2) is 8.52. The number of halogens is 2. The highest BCUT2D eigenvalue weighted by atomic mass is 35.5. The van der Waals surface area contributed by atoms with Gasteiger partial charge >= 0.3 is 0 Å². The van der Waals surface area contributed by atoms with Gasteiger partial charge in [-0.2, -0.15) is 0 Å². The van der Waals surface area contributed by atoms with Crippen LogP contribution in [0.15, 0.2) is 24.3 Å². The van der Waals surface area contributed by atoms with Crippen LogP contribution in [0.3, 0.4) is 0 Å². The van der Waals surface area contributed by atoms with E-state index in [1.54, 1.807) is 34.1 Å². The van der Waals surface area contributed by atoms with Gasteiger partial charge in [-0.3, -0.25) is 9.59 Å². The monoisotopic (exact) mass is 359 g/mol. The molecule has 2 amide bonds. The summed E-state index contributed by atoms with van der Waals surface area (Å²) in [5.74, 6) is 0.0479. The molecule has 1 aromatic rings. The fourth-order valence-electron chi connectivity index (χ4n) is 2.40. The Morgan fingerprint density at radius 3 is 2.00 bits per heavy atom. The van der Waals surface area contributed by atoms with Gasteiger partial charge in [0, 0.05) is 36.8 Å². The second-order valence-electron chi connectivity index (χ2n) is 5.89. The zero-order chi connectivity index (χ0) is 16.3. The van der Waals surface area contributed by atoms with Gasteiger partial charge in [-0.1, -0.05) is 25.4 Å². The molecule has 2 rings (SSSR count). The van der Waals surface area contributed by atoms with E-state index in [9.17, 15) is 9.59 Å². The molecule has 1 atom stereocenters. The standard InChI is InChI=1S/C16H22ClN3O2.ClH/c1-11(2)14(18)16(22)20-9-7-19(8-10-20)15(21)12-3-5-13(17)6-4-12;/h3-6,11,14H,7-10,18H2,1-2H3;1H/t14-;/m0./s1. The second-order valence-corrected chi connectivity index (χ2v) is 6.33. The minimum atomic E-state index is -0.474. The molecule has 0 aromatic heterocycles. The van der Waals surface area contributed by atoms with Crippen LogP contribution in [0.25, 0.3) is 0 Å². The van der Waals surface area contributed by atoms with Crippen LogP contribution in [-0.2, 0) is 4.79 Å². The van der Waals surface area contributed by atoms with Crippen molar-refractivity contribution in [1.29, 1.82) is 0 Å². The summed E-state index contributed by atoms with van der Waals surface area (Å²) in [6.07, 6.45) is 0. The van der Waals surface area contributed by atoms with Gasteiger partial charge in [-0.05, 0) is 30.2 Å². The summed E-state index contributed by atoms with van der Waals surface area (Å²) in [5.41, 5.74) is 6.52. The Kier molecular flexibility index (Phi) is 7.32. The van der Waals surface area contributed by atoms with E-state index < -0.39 is 6.04 Å². The highest BCUT2D eigenvalue weighted by Crippen LogP contribution is 2.14. The van der Waals surface area contributed by atoms with Crippen LogP contribution in [0.2, 0.25) is 5.02 Å². The van der Waals surface area contributed by atoms with E-state index in [0.29, 0.717) is 36.8 Å². The van der Waals surface area contributed by atoms with Crippen LogP contribution in [0.4, 0.5) is 0 Å². The fourth-order valence-corrected chi connectivity index (χ4v) is 2.53. The van der Waals surface area contributed by atoms with Crippen molar-refractivity contribution >= 4 is 35.8 Å². The zero-order valence-electron chi connectivity index (χ0n) is 13.4. The molecule has 0 radical (unpaired) electrons. The van der Waals surface area contributed by atoms with E-state index in [0.717, 1.165) is 0 Å². The molecule has 1 aliphatic heterocycles. The predicted molar refractivity (Wildman–Crippen MR) is 94.0 cm³/mol. The van der Waals surface area contributed by atoms with Gasteiger partial charge < -0.3 is 15.5 Å². The Morgan fingerprint density at radius 1 is 1.04 bits per heavy atom. The predicted octanol–water partition coefficient (Wildman–Crippen LogP) is 2.03. The molecule has 7 heteroatoms. The molecule has 1 saturated heterocycles. The van der Waals surface area contributed by atoms with Crippen molar-refractivity contribution in [2.24, 2.45) is 11.7 Å². The quantitative estimate of drug-likeness (QED) is 0.897. The lowest BCUT2D eigenvalue weighted by molar-refractivity contribution is -0.135. The van der Waals surface area contributed by atoms with Crippen molar-refractivity contribution in [1.82, 2.24) is 9.80 Å². The van der Waals surface area contributed by atoms with Crippen LogP contribution >= 0.6 is 24.0 Å². The Balaban J connectivity index is 0.00000264. The van der Waals surface area contributed by atoms with E-state index in [-0.39, 0.29) is 30.1 Å². The lowest BCUT2D eigenvalue weighted by atomic mass is 10.0. The first-order valence-corrected chi connectivity index (χ1v) is 7.87. The molecular formula is C16H23Cl2N3O2. The molecule has 0 aliphatic carbocycles. The third-order valence-electron chi connectivity index (χ3n) is 3.97. The van der Waals surface area contributed by atoms with Crippen molar-refractivity contribution < 1.29 is 9.59 Å². The highest BCUT2D eigenvalue weighted by molar-refractivity contribution is 6.30. The minimum absolute atomic E-state index is 0. The van der Waals surface area contributed by atoms with E-state index in [4.69, 9.17) is 17.3 Å². The molecule has 0 unspecified atom stereocenters. The number of hydrogen-bond acceptors (Lipinski definition) is 3. The molecule has 5 nitrogen and oxygen atoms in total. The SMILES string of the molecule is CC(C)[C@H](N)C(=O)N1CCN(C(=O)c2ccc(Cl)cc2)CC1.Cl. The Bertz CT molecular complexity index is 541. The molecule has 0 spiro atoms. The van der Waals surface area contributed by atoms with Crippen LogP contribution in [-0.4, -0.2) is 53.8 Å². The van der Waals surface area contributed by atoms with Gasteiger partial charge in [0.2, 0.25) is 5.91 Å². The molecular weight excluding hydrogens is 337 g/mol. The van der Waals surface area contributed by atoms with E-state index >= 15 is 0 Å². The topological polar surface area (TPSA) is 66.6 Å². The summed E-state index contributed by atoms with van der Waals surface area (Å²) in [4.78, 5) is 28.1. The maximum atomic E-state index is 12.4. The van der Waals surface area contributed by atoms with Crippen molar-refractivity contribution in [3.8, 4) is 0 Å². The van der Waals surface area contributed by atoms with Gasteiger partial charge in [-0.25, -0.2) is 0 Å². The smallest absolute Gasteiger partial charge is 0.253 e. The van der Waals surface area contributed by atoms with Gasteiger partial charge in [0.15, 0.2) is 0 Å². The summed E-state index contributed by atoms with van der Waals surface area (Å²) in [5, 5.41) is 0.606. The van der Waals surface area contributed by atoms with E-state index in [1.165, 1.54) is 0 Å². The average Bonchev–Trinajstić information content (AvgIpc) is 2.53. The number of piperazine rings is 1. The number of amides is 2. The Morgan fingerprint density at radius 2 is 1.52 bits per heavy atom. The molecule has 2 N–H and O–H groups in total. The Hall–Kier alpha value is -1.30. The summed E-state index contributed by atoms with van der Waals surface area (Å²) >= 11 is 5.83. The van der Waals surface area contributed by atoms with Crippen molar-refractivity contribution in [3.63, 3.8) is 0 Å². The van der Waals surface area contributed by atoms with Crippen molar-refractivity contribution in [3.05, 3.63) is 34.9 Å². The first-order chi connectivity index (χ1) is 10.4. The van der Waals surface area contributed by atoms with Crippen molar-refractivity contribution in [2.45, 2.75) is 19.9 Å². The van der Waals surface area contributed by atoms with Crippen LogP contribution in [0.5, 0.6) is 0 Å². The molecule has 0 bridgehead atoms. The highest BCUT2D eigenvalue weighted by Gasteiger charge is 2.28. The third-order valence-corrected chi connectivity index (χ3v) is 4.23. The Labute approximate surface area is 148 Å². The molecule has 1 aliphatic rings. The lowest BCUT2D eigenvalue weighted by Gasteiger charge is -2.36. The molecule has 128 valence electrons. The molecule has 0 saturated carbocycles. The maximum absolute atomic E-state index is 12.4. The maximum Gasteiger partial charge on any atom is 0.253 e.